The lowest BCUT2D eigenvalue weighted by Gasteiger charge is -2.26. The first-order valence-corrected chi connectivity index (χ1v) is 7.41. The lowest BCUT2D eigenvalue weighted by molar-refractivity contribution is 0.0360. The quantitative estimate of drug-likeness (QED) is 0.744. The van der Waals surface area contributed by atoms with Crippen molar-refractivity contribution in [2.75, 3.05) is 32.8 Å². The molecule has 1 aromatic rings. The third kappa shape index (κ3) is 3.31. The Balaban J connectivity index is 1.55. The second-order valence-corrected chi connectivity index (χ2v) is 5.99. The molecule has 0 unspecified atom stereocenters. The second-order valence-electron chi connectivity index (χ2n) is 5.99. The van der Waals surface area contributed by atoms with Gasteiger partial charge in [-0.2, -0.15) is 5.10 Å². The van der Waals surface area contributed by atoms with Crippen LogP contribution in [0, 0.1) is 0 Å². The van der Waals surface area contributed by atoms with E-state index in [9.17, 15) is 0 Å². The summed E-state index contributed by atoms with van der Waals surface area (Å²) in [7, 11) is -0.398. The van der Waals surface area contributed by atoms with Gasteiger partial charge in [0.2, 0.25) is 0 Å². The van der Waals surface area contributed by atoms with Crippen LogP contribution in [0.1, 0.15) is 13.8 Å². The molecule has 2 aliphatic heterocycles. The zero-order valence-corrected chi connectivity index (χ0v) is 12.7. The summed E-state index contributed by atoms with van der Waals surface area (Å²) in [5.41, 5.74) is 0.490. The Morgan fingerprint density at radius 1 is 1.33 bits per heavy atom. The second kappa shape index (κ2) is 5.83. The van der Waals surface area contributed by atoms with E-state index in [0.29, 0.717) is 5.76 Å². The Hall–Kier alpha value is -1.31. The van der Waals surface area contributed by atoms with Gasteiger partial charge in [0.15, 0.2) is 0 Å². The molecule has 2 aliphatic rings. The summed E-state index contributed by atoms with van der Waals surface area (Å²) in [6.45, 7) is 13.3. The van der Waals surface area contributed by atoms with Crippen molar-refractivity contribution >= 4 is 12.6 Å². The number of aromatic nitrogens is 2. The predicted octanol–water partition coefficient (Wildman–Crippen LogP) is 0.250. The zero-order chi connectivity index (χ0) is 14.9. The molecule has 0 N–H and O–H groups in total. The monoisotopic (exact) mass is 291 g/mol. The normalized spacial score (nSPS) is 22.6. The van der Waals surface area contributed by atoms with Crippen molar-refractivity contribution in [2.45, 2.75) is 26.0 Å². The molecule has 0 saturated carbocycles. The van der Waals surface area contributed by atoms with E-state index in [0.717, 1.165) is 44.9 Å². The number of rotatable bonds is 4. The maximum absolute atomic E-state index is 5.85. The van der Waals surface area contributed by atoms with E-state index >= 15 is 0 Å². The molecule has 0 atom stereocenters. The van der Waals surface area contributed by atoms with Crippen molar-refractivity contribution in [3.05, 3.63) is 24.7 Å². The molecule has 114 valence electrons. The lowest BCUT2D eigenvalue weighted by Crippen LogP contribution is -2.38. The Labute approximate surface area is 125 Å². The summed E-state index contributed by atoms with van der Waals surface area (Å²) in [5.74, 6) is 0.661. The zero-order valence-electron chi connectivity index (χ0n) is 12.7. The van der Waals surface area contributed by atoms with Crippen molar-refractivity contribution in [1.29, 1.82) is 0 Å². The van der Waals surface area contributed by atoms with Gasteiger partial charge in [-0.25, -0.2) is 0 Å². The molecule has 3 rings (SSSR count). The topological polar surface area (TPSA) is 48.8 Å². The number of hydrogen-bond acceptors (Lipinski definition) is 5. The van der Waals surface area contributed by atoms with Gasteiger partial charge in [0.1, 0.15) is 5.60 Å². The molecule has 21 heavy (non-hydrogen) atoms. The predicted molar refractivity (Wildman–Crippen MR) is 80.3 cm³/mol. The molecule has 0 spiro atoms. The molecule has 0 bridgehead atoms. The fraction of sp³-hybridized carbons (Fsp3) is 0.643. The summed E-state index contributed by atoms with van der Waals surface area (Å²) < 4.78 is 18.8. The number of hydrogen-bond donors (Lipinski definition) is 0. The van der Waals surface area contributed by atoms with Crippen LogP contribution < -0.4 is 5.46 Å². The number of ether oxygens (including phenoxy) is 1. The first-order chi connectivity index (χ1) is 10.0. The first kappa shape index (κ1) is 14.6. The molecule has 0 aliphatic carbocycles. The Bertz CT molecular complexity index is 511. The van der Waals surface area contributed by atoms with E-state index in [1.807, 2.05) is 24.7 Å². The van der Waals surface area contributed by atoms with Crippen LogP contribution in [-0.4, -0.2) is 60.2 Å². The highest BCUT2D eigenvalue weighted by molar-refractivity contribution is 6.62. The van der Waals surface area contributed by atoms with Gasteiger partial charge in [0.25, 0.3) is 0 Å². The minimum Gasteiger partial charge on any atom is -0.534 e. The van der Waals surface area contributed by atoms with Crippen LogP contribution in [-0.2, 0) is 20.6 Å². The average Bonchev–Trinajstić information content (AvgIpc) is 3.03. The Kier molecular flexibility index (Phi) is 4.06. The van der Waals surface area contributed by atoms with Crippen LogP contribution in [0.3, 0.4) is 0 Å². The standard InChI is InChI=1S/C14H22BN3O3/c1-12-14(2,3)21-15(20-12)13-10-16-18(11-13)5-4-17-6-8-19-9-7-17/h10-11H,1,4-9H2,2-3H3. The first-order valence-electron chi connectivity index (χ1n) is 7.41. The van der Waals surface area contributed by atoms with Gasteiger partial charge in [0.05, 0.1) is 31.7 Å². The molecule has 2 fully saturated rings. The summed E-state index contributed by atoms with van der Waals surface area (Å²) in [5, 5.41) is 4.39. The summed E-state index contributed by atoms with van der Waals surface area (Å²) in [6.07, 6.45) is 3.79. The minimum atomic E-state index is -0.444. The number of nitrogens with zero attached hydrogens (tertiary/aromatic N) is 3. The van der Waals surface area contributed by atoms with Crippen LogP contribution in [0.2, 0.25) is 0 Å². The fourth-order valence-corrected chi connectivity index (χ4v) is 2.46. The van der Waals surface area contributed by atoms with E-state index in [4.69, 9.17) is 14.0 Å². The van der Waals surface area contributed by atoms with E-state index in [1.54, 1.807) is 6.20 Å². The molecule has 0 radical (unpaired) electrons. The van der Waals surface area contributed by atoms with Crippen molar-refractivity contribution in [1.82, 2.24) is 14.7 Å². The van der Waals surface area contributed by atoms with Gasteiger partial charge in [-0.1, -0.05) is 6.58 Å². The summed E-state index contributed by atoms with van der Waals surface area (Å²) in [4.78, 5) is 2.39. The number of morpholine rings is 1. The van der Waals surface area contributed by atoms with Crippen LogP contribution >= 0.6 is 0 Å². The maximum Gasteiger partial charge on any atom is 0.566 e. The Morgan fingerprint density at radius 2 is 2.10 bits per heavy atom. The molecule has 2 saturated heterocycles. The molecular formula is C14H22BN3O3. The van der Waals surface area contributed by atoms with Crippen molar-refractivity contribution in [3.8, 4) is 0 Å². The maximum atomic E-state index is 5.85. The van der Waals surface area contributed by atoms with Crippen LogP contribution in [0.4, 0.5) is 0 Å². The highest BCUT2D eigenvalue weighted by atomic mass is 16.7. The van der Waals surface area contributed by atoms with Gasteiger partial charge in [0, 0.05) is 31.3 Å². The van der Waals surface area contributed by atoms with Gasteiger partial charge < -0.3 is 14.0 Å². The van der Waals surface area contributed by atoms with Crippen molar-refractivity contribution in [2.24, 2.45) is 0 Å². The molecular weight excluding hydrogens is 269 g/mol. The minimum absolute atomic E-state index is 0.398. The van der Waals surface area contributed by atoms with Crippen LogP contribution in [0.25, 0.3) is 0 Å². The third-order valence-corrected chi connectivity index (χ3v) is 4.00. The highest BCUT2D eigenvalue weighted by Gasteiger charge is 2.43. The fourth-order valence-electron chi connectivity index (χ4n) is 2.46. The lowest BCUT2D eigenvalue weighted by atomic mass is 9.82. The van der Waals surface area contributed by atoms with E-state index in [1.165, 1.54) is 0 Å². The van der Waals surface area contributed by atoms with E-state index in [2.05, 4.69) is 16.6 Å². The van der Waals surface area contributed by atoms with Gasteiger partial charge in [-0.3, -0.25) is 9.58 Å². The summed E-state index contributed by atoms with van der Waals surface area (Å²) in [6, 6.07) is 0. The molecule has 7 heteroatoms. The van der Waals surface area contributed by atoms with Gasteiger partial charge in [-0.05, 0) is 13.8 Å². The van der Waals surface area contributed by atoms with Crippen molar-refractivity contribution in [3.63, 3.8) is 0 Å². The average molecular weight is 291 g/mol. The van der Waals surface area contributed by atoms with Crippen LogP contribution in [0.5, 0.6) is 0 Å². The molecule has 6 nitrogen and oxygen atoms in total. The third-order valence-electron chi connectivity index (χ3n) is 4.00. The van der Waals surface area contributed by atoms with E-state index in [-0.39, 0.29) is 0 Å². The molecule has 0 aromatic carbocycles. The SMILES string of the molecule is C=C1OB(c2cnn(CCN3CCOCC3)c2)OC1(C)C. The largest absolute Gasteiger partial charge is 0.566 e. The Morgan fingerprint density at radius 3 is 2.76 bits per heavy atom. The summed E-state index contributed by atoms with van der Waals surface area (Å²) >= 11 is 0. The van der Waals surface area contributed by atoms with Gasteiger partial charge >= 0.3 is 7.12 Å². The van der Waals surface area contributed by atoms with Crippen molar-refractivity contribution < 1.29 is 14.0 Å². The highest BCUT2D eigenvalue weighted by Crippen LogP contribution is 2.28. The van der Waals surface area contributed by atoms with E-state index < -0.39 is 12.7 Å². The van der Waals surface area contributed by atoms with Gasteiger partial charge in [-0.15, -0.1) is 0 Å². The molecule has 0 amide bonds. The molecule has 1 aromatic heterocycles. The van der Waals surface area contributed by atoms with Crippen LogP contribution in [0.15, 0.2) is 24.7 Å². The molecule has 3 heterocycles. The smallest absolute Gasteiger partial charge is 0.534 e.